The van der Waals surface area contributed by atoms with Crippen molar-refractivity contribution < 1.29 is 18.0 Å². The smallest absolute Gasteiger partial charge is 0.300 e. The van der Waals surface area contributed by atoms with E-state index in [4.69, 9.17) is 11.6 Å². The molecular weight excluding hydrogens is 255 g/mol. The Bertz CT molecular complexity index is 429. The predicted molar refractivity (Wildman–Crippen MR) is 58.0 cm³/mol. The van der Waals surface area contributed by atoms with Crippen LogP contribution in [0.5, 0.6) is 0 Å². The summed E-state index contributed by atoms with van der Waals surface area (Å²) in [6, 6.07) is 4.05. The van der Waals surface area contributed by atoms with Crippen LogP contribution in [0.15, 0.2) is 24.3 Å². The van der Waals surface area contributed by atoms with Crippen LogP contribution in [0.2, 0.25) is 5.02 Å². The zero-order chi connectivity index (χ0) is 12.6. The van der Waals surface area contributed by atoms with Gasteiger partial charge in [-0.25, -0.2) is 0 Å². The average molecular weight is 264 g/mol. The van der Waals surface area contributed by atoms with Crippen LogP contribution in [0.4, 0.5) is 18.9 Å². The van der Waals surface area contributed by atoms with Gasteiger partial charge in [-0.2, -0.15) is 13.2 Å². The van der Waals surface area contributed by atoms with Gasteiger partial charge in [0.1, 0.15) is 6.04 Å². The monoisotopic (exact) mass is 263 g/mol. The second-order valence-electron chi connectivity index (χ2n) is 3.84. The van der Waals surface area contributed by atoms with E-state index < -0.39 is 18.1 Å². The van der Waals surface area contributed by atoms with Gasteiger partial charge in [-0.05, 0) is 30.7 Å². The largest absolute Gasteiger partial charge is 0.409 e. The van der Waals surface area contributed by atoms with Crippen LogP contribution >= 0.6 is 11.6 Å². The Labute approximate surface area is 101 Å². The molecule has 0 spiro atoms. The molecule has 1 atom stereocenters. The molecule has 0 saturated carbocycles. The van der Waals surface area contributed by atoms with E-state index in [9.17, 15) is 18.0 Å². The number of carbonyl (C=O) groups is 1. The molecular formula is C11H9ClF3NO. The van der Waals surface area contributed by atoms with Gasteiger partial charge in [0.25, 0.3) is 0 Å². The molecule has 2 rings (SSSR count). The maximum Gasteiger partial charge on any atom is 0.409 e. The summed E-state index contributed by atoms with van der Waals surface area (Å²) in [6.07, 6.45) is -4.66. The molecule has 0 N–H and O–H groups in total. The Balaban J connectivity index is 2.34. The van der Waals surface area contributed by atoms with Crippen molar-refractivity contribution in [2.45, 2.75) is 25.1 Å². The molecule has 17 heavy (non-hydrogen) atoms. The summed E-state index contributed by atoms with van der Waals surface area (Å²) in [5.41, 5.74) is 0.235. The van der Waals surface area contributed by atoms with Crippen molar-refractivity contribution in [3.63, 3.8) is 0 Å². The molecule has 0 radical (unpaired) electrons. The highest BCUT2D eigenvalue weighted by Crippen LogP contribution is 2.36. The van der Waals surface area contributed by atoms with E-state index in [-0.39, 0.29) is 18.5 Å². The molecule has 1 aliphatic heterocycles. The fourth-order valence-corrected chi connectivity index (χ4v) is 2.05. The van der Waals surface area contributed by atoms with Crippen LogP contribution in [0.25, 0.3) is 0 Å². The van der Waals surface area contributed by atoms with Crippen molar-refractivity contribution in [3.8, 4) is 0 Å². The molecule has 92 valence electrons. The average Bonchev–Trinajstić information content (AvgIpc) is 2.61. The minimum atomic E-state index is -4.40. The Morgan fingerprint density at radius 1 is 1.24 bits per heavy atom. The first-order valence-corrected chi connectivity index (χ1v) is 5.42. The van der Waals surface area contributed by atoms with E-state index in [2.05, 4.69) is 0 Å². The third kappa shape index (κ3) is 2.39. The fraction of sp³-hybridized carbons (Fsp3) is 0.364. The molecule has 1 aliphatic rings. The maximum atomic E-state index is 12.7. The Morgan fingerprint density at radius 2 is 1.82 bits per heavy atom. The predicted octanol–water partition coefficient (Wildman–Crippen LogP) is 3.40. The number of benzene rings is 1. The number of anilines is 1. The Morgan fingerprint density at radius 3 is 2.35 bits per heavy atom. The number of alkyl halides is 3. The number of nitrogens with zero attached hydrogens (tertiary/aromatic N) is 1. The first-order chi connectivity index (χ1) is 7.89. The topological polar surface area (TPSA) is 20.3 Å². The summed E-state index contributed by atoms with van der Waals surface area (Å²) in [5, 5.41) is 0.420. The molecule has 1 amide bonds. The second kappa shape index (κ2) is 4.22. The normalized spacial score (nSPS) is 21.1. The van der Waals surface area contributed by atoms with Crippen molar-refractivity contribution in [3.05, 3.63) is 29.3 Å². The third-order valence-electron chi connectivity index (χ3n) is 2.69. The lowest BCUT2D eigenvalue weighted by molar-refractivity contribution is -0.148. The molecule has 1 saturated heterocycles. The lowest BCUT2D eigenvalue weighted by atomic mass is 10.2. The first kappa shape index (κ1) is 12.2. The number of rotatable bonds is 1. The van der Waals surface area contributed by atoms with Crippen molar-refractivity contribution in [2.24, 2.45) is 0 Å². The molecule has 6 heteroatoms. The Kier molecular flexibility index (Phi) is 3.03. The molecule has 0 unspecified atom stereocenters. The minimum absolute atomic E-state index is 0.0766. The molecule has 1 fully saturated rings. The molecule has 0 aromatic heterocycles. The van der Waals surface area contributed by atoms with E-state index in [1.807, 2.05) is 0 Å². The van der Waals surface area contributed by atoms with E-state index in [0.29, 0.717) is 5.02 Å². The minimum Gasteiger partial charge on any atom is -0.300 e. The number of amides is 1. The quantitative estimate of drug-likeness (QED) is 0.760. The number of hydrogen-bond acceptors (Lipinski definition) is 1. The molecule has 1 heterocycles. The van der Waals surface area contributed by atoms with Crippen LogP contribution in [0.1, 0.15) is 12.8 Å². The van der Waals surface area contributed by atoms with Crippen LogP contribution in [-0.4, -0.2) is 18.1 Å². The highest BCUT2D eigenvalue weighted by atomic mass is 35.5. The van der Waals surface area contributed by atoms with E-state index in [1.54, 1.807) is 0 Å². The highest BCUT2D eigenvalue weighted by Gasteiger charge is 2.49. The standard InChI is InChI=1S/C11H9ClF3NO/c12-7-1-3-8(4-2-7)16-9(11(13,14)15)5-6-10(16)17/h1-4,9H,5-6H2/t9-/m0/s1. The zero-order valence-corrected chi connectivity index (χ0v) is 9.42. The van der Waals surface area contributed by atoms with E-state index >= 15 is 0 Å². The van der Waals surface area contributed by atoms with Gasteiger partial charge in [-0.15, -0.1) is 0 Å². The molecule has 2 nitrogen and oxygen atoms in total. The summed E-state index contributed by atoms with van der Waals surface area (Å²) < 4.78 is 38.2. The van der Waals surface area contributed by atoms with Crippen LogP contribution in [-0.2, 0) is 4.79 Å². The van der Waals surface area contributed by atoms with Crippen molar-refractivity contribution >= 4 is 23.2 Å². The van der Waals surface area contributed by atoms with Crippen LogP contribution < -0.4 is 4.90 Å². The summed E-state index contributed by atoms with van der Waals surface area (Å²) in [5.74, 6) is -0.505. The highest BCUT2D eigenvalue weighted by molar-refractivity contribution is 6.30. The number of halogens is 4. The Hall–Kier alpha value is -1.23. The summed E-state index contributed by atoms with van der Waals surface area (Å²) in [4.78, 5) is 12.3. The summed E-state index contributed by atoms with van der Waals surface area (Å²) in [7, 11) is 0. The van der Waals surface area contributed by atoms with Crippen LogP contribution in [0.3, 0.4) is 0 Å². The van der Waals surface area contributed by atoms with Gasteiger partial charge in [0, 0.05) is 17.1 Å². The van der Waals surface area contributed by atoms with Crippen molar-refractivity contribution in [2.75, 3.05) is 4.90 Å². The van der Waals surface area contributed by atoms with Gasteiger partial charge in [0.2, 0.25) is 5.91 Å². The lowest BCUT2D eigenvalue weighted by Gasteiger charge is -2.26. The van der Waals surface area contributed by atoms with Gasteiger partial charge < -0.3 is 4.90 Å². The molecule has 0 bridgehead atoms. The SMILES string of the molecule is O=C1CC[C@@H](C(F)(F)F)N1c1ccc(Cl)cc1. The maximum absolute atomic E-state index is 12.7. The first-order valence-electron chi connectivity index (χ1n) is 5.04. The van der Waals surface area contributed by atoms with Gasteiger partial charge in [-0.1, -0.05) is 11.6 Å². The number of hydrogen-bond donors (Lipinski definition) is 0. The van der Waals surface area contributed by atoms with Gasteiger partial charge in [-0.3, -0.25) is 4.79 Å². The lowest BCUT2D eigenvalue weighted by Crippen LogP contribution is -2.43. The second-order valence-corrected chi connectivity index (χ2v) is 4.27. The zero-order valence-electron chi connectivity index (χ0n) is 8.67. The third-order valence-corrected chi connectivity index (χ3v) is 2.95. The summed E-state index contributed by atoms with van der Waals surface area (Å²) >= 11 is 5.66. The van der Waals surface area contributed by atoms with E-state index in [1.165, 1.54) is 24.3 Å². The number of carbonyl (C=O) groups excluding carboxylic acids is 1. The van der Waals surface area contributed by atoms with Gasteiger partial charge in [0.05, 0.1) is 0 Å². The van der Waals surface area contributed by atoms with Crippen molar-refractivity contribution in [1.29, 1.82) is 0 Å². The van der Waals surface area contributed by atoms with Crippen LogP contribution in [0, 0.1) is 0 Å². The molecule has 1 aromatic rings. The summed E-state index contributed by atoms with van der Waals surface area (Å²) in [6.45, 7) is 0. The van der Waals surface area contributed by atoms with Crippen molar-refractivity contribution in [1.82, 2.24) is 0 Å². The van der Waals surface area contributed by atoms with E-state index in [0.717, 1.165) is 4.90 Å². The van der Waals surface area contributed by atoms with Gasteiger partial charge in [0.15, 0.2) is 0 Å². The molecule has 1 aromatic carbocycles. The van der Waals surface area contributed by atoms with Gasteiger partial charge >= 0.3 is 6.18 Å². The molecule has 0 aliphatic carbocycles. The fourth-order valence-electron chi connectivity index (χ4n) is 1.92.